The maximum atomic E-state index is 12.5. The van der Waals surface area contributed by atoms with E-state index in [-0.39, 0.29) is 37.1 Å². The second kappa shape index (κ2) is 7.93. The molecule has 9 heteroatoms. The number of hydrogen-bond acceptors (Lipinski definition) is 7. The minimum atomic E-state index is -0.618. The average Bonchev–Trinajstić information content (AvgIpc) is 3.35. The standard InChI is InChI=1S/C20H16N4O5/c25-17-10-21-20(27)24(17)11-14-8-4-5-9-15(14)19(26)28-12-16-22-18(23-29-16)13-6-2-1-3-7-13/h1-9H,10-12H2,(H,21,27). The molecule has 3 aromatic rings. The zero-order valence-electron chi connectivity index (χ0n) is 15.2. The van der Waals surface area contributed by atoms with Crippen LogP contribution in [0.4, 0.5) is 4.79 Å². The van der Waals surface area contributed by atoms with E-state index in [9.17, 15) is 14.4 Å². The summed E-state index contributed by atoms with van der Waals surface area (Å²) in [6, 6.07) is 15.4. The van der Waals surface area contributed by atoms with Crippen molar-refractivity contribution in [2.24, 2.45) is 0 Å². The normalized spacial score (nSPS) is 13.4. The Bertz CT molecular complexity index is 1050. The van der Waals surface area contributed by atoms with E-state index in [2.05, 4.69) is 15.5 Å². The first-order chi connectivity index (χ1) is 14.1. The summed E-state index contributed by atoms with van der Waals surface area (Å²) < 4.78 is 10.4. The number of aromatic nitrogens is 2. The predicted octanol–water partition coefficient (Wildman–Crippen LogP) is 2.15. The van der Waals surface area contributed by atoms with Gasteiger partial charge >= 0.3 is 12.0 Å². The van der Waals surface area contributed by atoms with Crippen molar-refractivity contribution in [1.82, 2.24) is 20.4 Å². The number of nitrogens with one attached hydrogen (secondary N) is 1. The molecular formula is C20H16N4O5. The number of benzene rings is 2. The Morgan fingerprint density at radius 1 is 1.10 bits per heavy atom. The van der Waals surface area contributed by atoms with Gasteiger partial charge in [-0.25, -0.2) is 9.59 Å². The van der Waals surface area contributed by atoms with Gasteiger partial charge in [0, 0.05) is 5.56 Å². The highest BCUT2D eigenvalue weighted by molar-refractivity contribution is 6.02. The lowest BCUT2D eigenvalue weighted by molar-refractivity contribution is -0.125. The van der Waals surface area contributed by atoms with Gasteiger partial charge in [-0.15, -0.1) is 0 Å². The lowest BCUT2D eigenvalue weighted by Crippen LogP contribution is -2.31. The van der Waals surface area contributed by atoms with Gasteiger partial charge in [-0.1, -0.05) is 53.7 Å². The number of amides is 3. The molecule has 29 heavy (non-hydrogen) atoms. The maximum Gasteiger partial charge on any atom is 0.338 e. The minimum Gasteiger partial charge on any atom is -0.452 e. The second-order valence-corrected chi connectivity index (χ2v) is 6.25. The molecule has 3 amide bonds. The van der Waals surface area contributed by atoms with Crippen molar-refractivity contribution in [2.45, 2.75) is 13.2 Å². The SMILES string of the molecule is O=C(OCc1nc(-c2ccccc2)no1)c1ccccc1CN1C(=O)CNC1=O. The summed E-state index contributed by atoms with van der Waals surface area (Å²) in [5, 5.41) is 6.32. The first kappa shape index (κ1) is 18.4. The number of carbonyl (C=O) groups excluding carboxylic acids is 3. The Hall–Kier alpha value is -4.01. The van der Waals surface area contributed by atoms with Gasteiger partial charge in [0.2, 0.25) is 11.7 Å². The quantitative estimate of drug-likeness (QED) is 0.505. The Labute approximate surface area is 165 Å². The van der Waals surface area contributed by atoms with Gasteiger partial charge in [0.1, 0.15) is 0 Å². The van der Waals surface area contributed by atoms with Crippen LogP contribution >= 0.6 is 0 Å². The molecule has 0 spiro atoms. The number of imide groups is 1. The van der Waals surface area contributed by atoms with Crippen molar-refractivity contribution >= 4 is 17.9 Å². The Morgan fingerprint density at radius 2 is 1.86 bits per heavy atom. The van der Waals surface area contributed by atoms with E-state index in [1.807, 2.05) is 30.3 Å². The first-order valence-electron chi connectivity index (χ1n) is 8.83. The summed E-state index contributed by atoms with van der Waals surface area (Å²) in [6.07, 6.45) is 0. The molecule has 0 radical (unpaired) electrons. The molecule has 1 aliphatic heterocycles. The lowest BCUT2D eigenvalue weighted by atomic mass is 10.1. The predicted molar refractivity (Wildman–Crippen MR) is 99.2 cm³/mol. The maximum absolute atomic E-state index is 12.5. The molecule has 1 saturated heterocycles. The highest BCUT2D eigenvalue weighted by Crippen LogP contribution is 2.17. The fourth-order valence-corrected chi connectivity index (χ4v) is 2.87. The molecule has 2 heterocycles. The van der Waals surface area contributed by atoms with Crippen molar-refractivity contribution in [2.75, 3.05) is 6.54 Å². The van der Waals surface area contributed by atoms with E-state index in [0.717, 1.165) is 10.5 Å². The molecule has 0 unspecified atom stereocenters. The second-order valence-electron chi connectivity index (χ2n) is 6.25. The number of nitrogens with zero attached hydrogens (tertiary/aromatic N) is 3. The topological polar surface area (TPSA) is 115 Å². The molecule has 0 atom stereocenters. The molecule has 1 aromatic heterocycles. The number of hydrogen-bond donors (Lipinski definition) is 1. The Balaban J connectivity index is 1.44. The fourth-order valence-electron chi connectivity index (χ4n) is 2.87. The summed E-state index contributed by atoms with van der Waals surface area (Å²) in [4.78, 5) is 41.3. The van der Waals surface area contributed by atoms with Crippen LogP contribution in [-0.2, 0) is 22.7 Å². The molecule has 9 nitrogen and oxygen atoms in total. The number of carbonyl (C=O) groups is 3. The average molecular weight is 392 g/mol. The highest BCUT2D eigenvalue weighted by Gasteiger charge is 2.29. The molecule has 1 N–H and O–H groups in total. The summed E-state index contributed by atoms with van der Waals surface area (Å²) in [5.74, 6) is -0.413. The third-order valence-corrected chi connectivity index (χ3v) is 4.33. The third-order valence-electron chi connectivity index (χ3n) is 4.33. The smallest absolute Gasteiger partial charge is 0.338 e. The fraction of sp³-hybridized carbons (Fsp3) is 0.150. The van der Waals surface area contributed by atoms with Crippen LogP contribution in [0, 0.1) is 0 Å². The van der Waals surface area contributed by atoms with E-state index >= 15 is 0 Å². The van der Waals surface area contributed by atoms with Crippen molar-refractivity contribution in [3.05, 3.63) is 71.6 Å². The molecule has 146 valence electrons. The van der Waals surface area contributed by atoms with E-state index < -0.39 is 12.0 Å². The van der Waals surface area contributed by atoms with Crippen molar-refractivity contribution in [3.8, 4) is 11.4 Å². The summed E-state index contributed by atoms with van der Waals surface area (Å²) in [5.41, 5.74) is 1.54. The zero-order valence-corrected chi connectivity index (χ0v) is 15.2. The largest absolute Gasteiger partial charge is 0.452 e. The molecule has 4 rings (SSSR count). The van der Waals surface area contributed by atoms with Crippen LogP contribution in [-0.4, -0.2) is 39.5 Å². The lowest BCUT2D eigenvalue weighted by Gasteiger charge is -2.14. The van der Waals surface area contributed by atoms with Crippen LogP contribution in [0.1, 0.15) is 21.8 Å². The van der Waals surface area contributed by atoms with Crippen molar-refractivity contribution in [3.63, 3.8) is 0 Å². The molecule has 2 aromatic carbocycles. The molecule has 0 bridgehead atoms. The minimum absolute atomic E-state index is 0.0192. The van der Waals surface area contributed by atoms with Crippen LogP contribution in [0.2, 0.25) is 0 Å². The molecular weight excluding hydrogens is 376 g/mol. The molecule has 0 aliphatic carbocycles. The number of esters is 1. The van der Waals surface area contributed by atoms with Crippen LogP contribution in [0.15, 0.2) is 59.1 Å². The summed E-state index contributed by atoms with van der Waals surface area (Å²) >= 11 is 0. The molecule has 1 fully saturated rings. The van der Waals surface area contributed by atoms with Crippen LogP contribution in [0.3, 0.4) is 0 Å². The monoisotopic (exact) mass is 392 g/mol. The highest BCUT2D eigenvalue weighted by atomic mass is 16.6. The van der Waals surface area contributed by atoms with Gasteiger partial charge in [0.25, 0.3) is 5.89 Å². The molecule has 1 aliphatic rings. The first-order valence-corrected chi connectivity index (χ1v) is 8.83. The van der Waals surface area contributed by atoms with Crippen LogP contribution in [0.25, 0.3) is 11.4 Å². The number of rotatable bonds is 6. The Kier molecular flexibility index (Phi) is 5.02. The van der Waals surface area contributed by atoms with Gasteiger partial charge in [-0.05, 0) is 11.6 Å². The van der Waals surface area contributed by atoms with E-state index in [4.69, 9.17) is 9.26 Å². The molecule has 0 saturated carbocycles. The number of ether oxygens (including phenoxy) is 1. The van der Waals surface area contributed by atoms with E-state index in [0.29, 0.717) is 11.4 Å². The van der Waals surface area contributed by atoms with Gasteiger partial charge in [0.15, 0.2) is 6.61 Å². The number of urea groups is 1. The van der Waals surface area contributed by atoms with Crippen LogP contribution in [0.5, 0.6) is 0 Å². The third kappa shape index (κ3) is 3.98. The van der Waals surface area contributed by atoms with Crippen molar-refractivity contribution < 1.29 is 23.6 Å². The van der Waals surface area contributed by atoms with Crippen LogP contribution < -0.4 is 5.32 Å². The van der Waals surface area contributed by atoms with Gasteiger partial charge < -0.3 is 14.6 Å². The summed E-state index contributed by atoms with van der Waals surface area (Å²) in [6.45, 7) is -0.267. The van der Waals surface area contributed by atoms with Crippen molar-refractivity contribution in [1.29, 1.82) is 0 Å². The van der Waals surface area contributed by atoms with Gasteiger partial charge in [-0.2, -0.15) is 4.98 Å². The zero-order chi connectivity index (χ0) is 20.2. The van der Waals surface area contributed by atoms with E-state index in [1.54, 1.807) is 24.3 Å². The Morgan fingerprint density at radius 3 is 2.62 bits per heavy atom. The van der Waals surface area contributed by atoms with Gasteiger partial charge in [-0.3, -0.25) is 9.69 Å². The van der Waals surface area contributed by atoms with Gasteiger partial charge in [0.05, 0.1) is 18.7 Å². The summed E-state index contributed by atoms with van der Waals surface area (Å²) in [7, 11) is 0. The van der Waals surface area contributed by atoms with E-state index in [1.165, 1.54) is 0 Å².